The number of hydrogen-bond donors (Lipinski definition) is 1. The van der Waals surface area contributed by atoms with Gasteiger partial charge in [-0.3, -0.25) is 9.00 Å². The van der Waals surface area contributed by atoms with Crippen LogP contribution in [0.15, 0.2) is 60.8 Å². The molecule has 0 radical (unpaired) electrons. The number of aromatic nitrogens is 1. The molecular weight excluding hydrogens is 471 g/mol. The van der Waals surface area contributed by atoms with Gasteiger partial charge in [0, 0.05) is 29.0 Å². The average Bonchev–Trinajstić information content (AvgIpc) is 3.79. The number of ether oxygens (including phenoxy) is 2. The second-order valence-electron chi connectivity index (χ2n) is 8.95. The maximum Gasteiger partial charge on any atom is 0.252 e. The summed E-state index contributed by atoms with van der Waals surface area (Å²) in [6, 6.07) is 14.7. The predicted octanol–water partition coefficient (Wildman–Crippen LogP) is 4.35. The standard InChI is InChI=1S/C26H25FN2O5S/c27-23-9-8-21(13-22(23)20-7-10-24(28-14-20)34-16-17-1-2-17)33-15-18-3-5-19(6-4-18)25(30)29-26(11-12-26)35(31)32/h3-10,13-14,17H,1-2,11-12,15-16H2,(H,29,30)(H,31,32)/p-1. The zero-order chi connectivity index (χ0) is 24.4. The lowest BCUT2D eigenvalue weighted by Crippen LogP contribution is -2.40. The van der Waals surface area contributed by atoms with Crippen molar-refractivity contribution in [2.24, 2.45) is 5.92 Å². The van der Waals surface area contributed by atoms with Crippen LogP contribution in [0.1, 0.15) is 41.6 Å². The minimum atomic E-state index is -2.35. The normalized spacial score (nSPS) is 16.9. The van der Waals surface area contributed by atoms with Gasteiger partial charge in [-0.15, -0.1) is 0 Å². The fourth-order valence-corrected chi connectivity index (χ4v) is 4.18. The summed E-state index contributed by atoms with van der Waals surface area (Å²) in [7, 11) is 0. The van der Waals surface area contributed by atoms with Crippen LogP contribution in [0.2, 0.25) is 0 Å². The SMILES string of the molecule is O=C(NC1(S(=O)[O-])CC1)c1ccc(COc2ccc(F)c(-c3ccc(OCC4CC4)nc3)c2)cc1. The molecule has 1 amide bonds. The van der Waals surface area contributed by atoms with E-state index in [2.05, 4.69) is 10.3 Å². The van der Waals surface area contributed by atoms with Gasteiger partial charge < -0.3 is 19.3 Å². The Morgan fingerprint density at radius 1 is 1.11 bits per heavy atom. The van der Waals surface area contributed by atoms with E-state index in [-0.39, 0.29) is 12.4 Å². The summed E-state index contributed by atoms with van der Waals surface area (Å²) >= 11 is -2.35. The summed E-state index contributed by atoms with van der Waals surface area (Å²) in [4.78, 5) is 15.5. The molecule has 0 aliphatic heterocycles. The lowest BCUT2D eigenvalue weighted by atomic mass is 10.1. The molecule has 1 unspecified atom stereocenters. The van der Waals surface area contributed by atoms with Gasteiger partial charge in [-0.2, -0.15) is 0 Å². The molecule has 2 fully saturated rings. The second kappa shape index (κ2) is 9.75. The molecule has 3 aromatic rings. The van der Waals surface area contributed by atoms with Gasteiger partial charge in [-0.25, -0.2) is 9.37 Å². The van der Waals surface area contributed by atoms with Crippen LogP contribution in [0.3, 0.4) is 0 Å². The van der Waals surface area contributed by atoms with Crippen molar-refractivity contribution in [3.05, 3.63) is 77.7 Å². The van der Waals surface area contributed by atoms with Crippen LogP contribution < -0.4 is 14.8 Å². The van der Waals surface area contributed by atoms with Gasteiger partial charge in [0.05, 0.1) is 6.61 Å². The number of nitrogens with one attached hydrogen (secondary N) is 1. The number of rotatable bonds is 10. The van der Waals surface area contributed by atoms with E-state index in [1.165, 1.54) is 18.9 Å². The molecule has 2 saturated carbocycles. The molecule has 2 aliphatic carbocycles. The third-order valence-electron chi connectivity index (χ3n) is 6.14. The number of pyridine rings is 1. The molecule has 1 aromatic heterocycles. The average molecular weight is 496 g/mol. The molecule has 182 valence electrons. The van der Waals surface area contributed by atoms with Crippen LogP contribution in [0, 0.1) is 11.7 Å². The van der Waals surface area contributed by atoms with Crippen LogP contribution >= 0.6 is 0 Å². The molecular formula is C26H24FN2O5S-. The van der Waals surface area contributed by atoms with E-state index < -0.39 is 21.9 Å². The topological polar surface area (TPSA) is 101 Å². The van der Waals surface area contributed by atoms with Gasteiger partial charge in [-0.1, -0.05) is 12.1 Å². The lowest BCUT2D eigenvalue weighted by molar-refractivity contribution is 0.0944. The molecule has 35 heavy (non-hydrogen) atoms. The minimum absolute atomic E-state index is 0.216. The molecule has 5 rings (SSSR count). The quantitative estimate of drug-likeness (QED) is 0.420. The number of carbonyl (C=O) groups excluding carboxylic acids is 1. The molecule has 9 heteroatoms. The van der Waals surface area contributed by atoms with Crippen molar-refractivity contribution in [1.82, 2.24) is 10.3 Å². The molecule has 2 aliphatic rings. The third-order valence-corrected chi connectivity index (χ3v) is 7.28. The summed E-state index contributed by atoms with van der Waals surface area (Å²) in [5.41, 5.74) is 2.17. The molecule has 1 N–H and O–H groups in total. The minimum Gasteiger partial charge on any atom is -0.771 e. The summed E-state index contributed by atoms with van der Waals surface area (Å²) < 4.78 is 48.5. The van der Waals surface area contributed by atoms with Gasteiger partial charge in [0.1, 0.15) is 23.0 Å². The van der Waals surface area contributed by atoms with E-state index >= 15 is 0 Å². The molecule has 7 nitrogen and oxygen atoms in total. The first kappa shape index (κ1) is 23.4. The highest BCUT2D eigenvalue weighted by atomic mass is 32.2. The number of nitrogens with zero attached hydrogens (tertiary/aromatic N) is 1. The monoisotopic (exact) mass is 495 g/mol. The van der Waals surface area contributed by atoms with Gasteiger partial charge in [0.2, 0.25) is 5.88 Å². The first-order valence-electron chi connectivity index (χ1n) is 11.4. The van der Waals surface area contributed by atoms with Crippen molar-refractivity contribution >= 4 is 17.0 Å². The van der Waals surface area contributed by atoms with Crippen LogP contribution in [-0.2, 0) is 17.7 Å². The Kier molecular flexibility index (Phi) is 6.53. The van der Waals surface area contributed by atoms with Crippen molar-refractivity contribution in [2.75, 3.05) is 6.61 Å². The fraction of sp³-hybridized carbons (Fsp3) is 0.308. The Morgan fingerprint density at radius 2 is 1.89 bits per heavy atom. The Morgan fingerprint density at radius 3 is 2.51 bits per heavy atom. The second-order valence-corrected chi connectivity index (χ2v) is 10.2. The first-order valence-corrected chi connectivity index (χ1v) is 12.5. The molecule has 0 spiro atoms. The number of benzene rings is 2. The smallest absolute Gasteiger partial charge is 0.252 e. The van der Waals surface area contributed by atoms with Crippen LogP contribution in [-0.4, -0.2) is 31.1 Å². The maximum absolute atomic E-state index is 14.5. The van der Waals surface area contributed by atoms with Crippen molar-refractivity contribution in [3.8, 4) is 22.8 Å². The van der Waals surface area contributed by atoms with Gasteiger partial charge >= 0.3 is 0 Å². The highest BCUT2D eigenvalue weighted by Crippen LogP contribution is 2.38. The highest BCUT2D eigenvalue weighted by molar-refractivity contribution is 7.81. The van der Waals surface area contributed by atoms with E-state index in [0.29, 0.717) is 53.7 Å². The van der Waals surface area contributed by atoms with Crippen molar-refractivity contribution < 1.29 is 27.4 Å². The number of halogens is 1. The zero-order valence-corrected chi connectivity index (χ0v) is 19.7. The summed E-state index contributed by atoms with van der Waals surface area (Å²) in [5, 5.41) is 2.57. The maximum atomic E-state index is 14.5. The van der Waals surface area contributed by atoms with Gasteiger partial charge in [0.15, 0.2) is 0 Å². The predicted molar refractivity (Wildman–Crippen MR) is 127 cm³/mol. The Bertz CT molecular complexity index is 1240. The van der Waals surface area contributed by atoms with E-state index in [1.807, 2.05) is 0 Å². The highest BCUT2D eigenvalue weighted by Gasteiger charge is 2.45. The van der Waals surface area contributed by atoms with Crippen molar-refractivity contribution in [1.29, 1.82) is 0 Å². The molecule has 2 aromatic carbocycles. The van der Waals surface area contributed by atoms with Gasteiger partial charge in [0.25, 0.3) is 5.91 Å². The third kappa shape index (κ3) is 5.68. The van der Waals surface area contributed by atoms with Crippen LogP contribution in [0.5, 0.6) is 11.6 Å². The number of amides is 1. The molecule has 0 saturated heterocycles. The van der Waals surface area contributed by atoms with Crippen LogP contribution in [0.25, 0.3) is 11.1 Å². The Balaban J connectivity index is 1.19. The van der Waals surface area contributed by atoms with E-state index in [4.69, 9.17) is 9.47 Å². The molecule has 0 bridgehead atoms. The first-order chi connectivity index (χ1) is 16.9. The number of carbonyl (C=O) groups is 1. The fourth-order valence-electron chi connectivity index (χ4n) is 3.57. The Labute approximate surface area is 205 Å². The Hall–Kier alpha value is -3.30. The summed E-state index contributed by atoms with van der Waals surface area (Å²) in [5.74, 6) is 0.834. The largest absolute Gasteiger partial charge is 0.771 e. The van der Waals surface area contributed by atoms with Crippen molar-refractivity contribution in [2.45, 2.75) is 37.2 Å². The lowest BCUT2D eigenvalue weighted by Gasteiger charge is -2.20. The zero-order valence-electron chi connectivity index (χ0n) is 18.9. The van der Waals surface area contributed by atoms with Crippen LogP contribution in [0.4, 0.5) is 4.39 Å². The van der Waals surface area contributed by atoms with E-state index in [0.717, 1.165) is 5.56 Å². The van der Waals surface area contributed by atoms with E-state index in [1.54, 1.807) is 54.7 Å². The molecule has 1 heterocycles. The van der Waals surface area contributed by atoms with E-state index in [9.17, 15) is 17.9 Å². The summed E-state index contributed by atoms with van der Waals surface area (Å²) in [6.07, 6.45) is 4.83. The number of hydrogen-bond acceptors (Lipinski definition) is 6. The van der Waals surface area contributed by atoms with Gasteiger partial charge in [-0.05, 0) is 84.6 Å². The van der Waals surface area contributed by atoms with Crippen molar-refractivity contribution in [3.63, 3.8) is 0 Å². The summed E-state index contributed by atoms with van der Waals surface area (Å²) in [6.45, 7) is 0.880. The molecule has 1 atom stereocenters.